The third-order valence-electron chi connectivity index (χ3n) is 5.43. The Morgan fingerprint density at radius 2 is 1.90 bits per heavy atom. The van der Waals surface area contributed by atoms with Gasteiger partial charge < -0.3 is 15.5 Å². The van der Waals surface area contributed by atoms with Crippen LogP contribution >= 0.6 is 11.8 Å². The van der Waals surface area contributed by atoms with Crippen molar-refractivity contribution in [2.24, 2.45) is 5.92 Å². The molecule has 29 heavy (non-hydrogen) atoms. The number of halogens is 3. The van der Waals surface area contributed by atoms with Crippen molar-refractivity contribution in [1.29, 1.82) is 0 Å². The predicted molar refractivity (Wildman–Crippen MR) is 111 cm³/mol. The Morgan fingerprint density at radius 1 is 1.14 bits per heavy atom. The fourth-order valence-electron chi connectivity index (χ4n) is 3.76. The molecule has 2 aliphatic rings. The van der Waals surface area contributed by atoms with Gasteiger partial charge in [0, 0.05) is 35.0 Å². The number of hydrogen-bond acceptors (Lipinski definition) is 4. The highest BCUT2D eigenvalue weighted by atomic mass is 32.2. The van der Waals surface area contributed by atoms with Gasteiger partial charge in [-0.25, -0.2) is 0 Å². The average molecular weight is 421 g/mol. The van der Waals surface area contributed by atoms with Crippen molar-refractivity contribution in [3.63, 3.8) is 0 Å². The quantitative estimate of drug-likeness (QED) is 0.681. The highest BCUT2D eigenvalue weighted by Gasteiger charge is 2.41. The molecule has 0 bridgehead atoms. The highest BCUT2D eigenvalue weighted by molar-refractivity contribution is 8.00. The van der Waals surface area contributed by atoms with E-state index in [-0.39, 0.29) is 18.7 Å². The number of alkyl halides is 3. The van der Waals surface area contributed by atoms with Crippen molar-refractivity contribution in [3.8, 4) is 0 Å². The molecule has 1 amide bonds. The Hall–Kier alpha value is -2.35. The molecule has 4 nitrogen and oxygen atoms in total. The number of thioether (sulfide) groups is 1. The molecule has 1 saturated heterocycles. The van der Waals surface area contributed by atoms with Gasteiger partial charge >= 0.3 is 6.18 Å². The lowest BCUT2D eigenvalue weighted by Gasteiger charge is -2.34. The minimum Gasteiger partial charge on any atom is -0.371 e. The van der Waals surface area contributed by atoms with E-state index in [9.17, 15) is 18.0 Å². The summed E-state index contributed by atoms with van der Waals surface area (Å²) in [4.78, 5) is 14.5. The van der Waals surface area contributed by atoms with Crippen LogP contribution in [0.2, 0.25) is 0 Å². The van der Waals surface area contributed by atoms with Crippen LogP contribution in [-0.2, 0) is 4.79 Å². The first-order valence-electron chi connectivity index (χ1n) is 9.55. The van der Waals surface area contributed by atoms with Crippen LogP contribution in [0.3, 0.4) is 0 Å². The highest BCUT2D eigenvalue weighted by Crippen LogP contribution is 2.37. The lowest BCUT2D eigenvalue weighted by Crippen LogP contribution is -2.39. The smallest absolute Gasteiger partial charge is 0.371 e. The zero-order valence-electron chi connectivity index (χ0n) is 16.0. The summed E-state index contributed by atoms with van der Waals surface area (Å²) in [6, 6.07) is 11.8. The van der Waals surface area contributed by atoms with Crippen molar-refractivity contribution < 1.29 is 18.0 Å². The summed E-state index contributed by atoms with van der Waals surface area (Å²) in [7, 11) is 0. The number of nitrogens with one attached hydrogen (secondary N) is 2. The molecule has 4 rings (SSSR count). The second-order valence-electron chi connectivity index (χ2n) is 7.47. The number of carbonyl (C=O) groups excluding carboxylic acids is 1. The van der Waals surface area contributed by atoms with E-state index < -0.39 is 12.1 Å². The van der Waals surface area contributed by atoms with E-state index >= 15 is 0 Å². The normalized spacial score (nSPS) is 17.7. The zero-order valence-corrected chi connectivity index (χ0v) is 16.8. The van der Waals surface area contributed by atoms with Gasteiger partial charge in [-0.15, -0.1) is 11.8 Å². The molecule has 2 aromatic carbocycles. The Balaban J connectivity index is 1.44. The predicted octanol–water partition coefficient (Wildman–Crippen LogP) is 5.56. The molecule has 0 atom stereocenters. The van der Waals surface area contributed by atoms with Gasteiger partial charge in [0.2, 0.25) is 5.91 Å². The van der Waals surface area contributed by atoms with E-state index in [1.54, 1.807) is 0 Å². The van der Waals surface area contributed by atoms with Gasteiger partial charge in [0.15, 0.2) is 0 Å². The minimum atomic E-state index is -4.09. The lowest BCUT2D eigenvalue weighted by atomic mass is 9.96. The van der Waals surface area contributed by atoms with Crippen LogP contribution in [0.15, 0.2) is 41.3 Å². The largest absolute Gasteiger partial charge is 0.391 e. The summed E-state index contributed by atoms with van der Waals surface area (Å²) in [5.41, 5.74) is 4.68. The molecule has 2 aromatic rings. The first kappa shape index (κ1) is 19.9. The number of fused-ring (bicyclic) bond motifs is 1. The Labute approximate surface area is 171 Å². The maximum Gasteiger partial charge on any atom is 0.391 e. The third kappa shape index (κ3) is 4.47. The summed E-state index contributed by atoms with van der Waals surface area (Å²) >= 11 is 1.51. The lowest BCUT2D eigenvalue weighted by molar-refractivity contribution is -0.179. The summed E-state index contributed by atoms with van der Waals surface area (Å²) in [6.45, 7) is 2.83. The number of carbonyl (C=O) groups is 1. The molecule has 2 heterocycles. The number of hydrogen-bond donors (Lipinski definition) is 2. The topological polar surface area (TPSA) is 44.4 Å². The fourth-order valence-corrected chi connectivity index (χ4v) is 4.60. The van der Waals surface area contributed by atoms with E-state index in [2.05, 4.69) is 10.6 Å². The second-order valence-corrected chi connectivity index (χ2v) is 8.49. The number of piperidine rings is 1. The van der Waals surface area contributed by atoms with Crippen LogP contribution < -0.4 is 15.5 Å². The molecular formula is C21H22F3N3OS. The standard InChI is InChI=1S/C21H22F3N3OS/c1-13-10-16(27-8-6-14(7-9-27)21(22,23)24)3-5-17(13)25-15-2-4-18-19(11-15)29-12-20(28)26-18/h2-5,10-11,14,25H,6-9,12H2,1H3,(H,26,28). The zero-order chi connectivity index (χ0) is 20.6. The van der Waals surface area contributed by atoms with E-state index in [0.29, 0.717) is 18.8 Å². The van der Waals surface area contributed by atoms with E-state index in [1.807, 2.05) is 48.2 Å². The molecule has 2 N–H and O–H groups in total. The molecular weight excluding hydrogens is 399 g/mol. The number of amides is 1. The van der Waals surface area contributed by atoms with Crippen LogP contribution in [-0.4, -0.2) is 30.9 Å². The van der Waals surface area contributed by atoms with Gasteiger partial charge in [0.1, 0.15) is 0 Å². The van der Waals surface area contributed by atoms with Crippen LogP contribution in [0.5, 0.6) is 0 Å². The van der Waals surface area contributed by atoms with Crippen molar-refractivity contribution in [1.82, 2.24) is 0 Å². The van der Waals surface area contributed by atoms with Crippen molar-refractivity contribution in [2.45, 2.75) is 30.8 Å². The molecule has 0 aromatic heterocycles. The van der Waals surface area contributed by atoms with Crippen LogP contribution in [0, 0.1) is 12.8 Å². The number of nitrogens with zero attached hydrogens (tertiary/aromatic N) is 1. The summed E-state index contributed by atoms with van der Waals surface area (Å²) in [5, 5.41) is 6.25. The molecule has 0 radical (unpaired) electrons. The molecule has 1 fully saturated rings. The fraction of sp³-hybridized carbons (Fsp3) is 0.381. The average Bonchev–Trinajstić information content (AvgIpc) is 2.69. The van der Waals surface area contributed by atoms with Crippen molar-refractivity contribution in [2.75, 3.05) is 34.4 Å². The van der Waals surface area contributed by atoms with Crippen molar-refractivity contribution >= 4 is 40.4 Å². The van der Waals surface area contributed by atoms with Crippen molar-refractivity contribution in [3.05, 3.63) is 42.0 Å². The SMILES string of the molecule is Cc1cc(N2CCC(C(F)(F)F)CC2)ccc1Nc1ccc2c(c1)SCC(=O)N2. The molecule has 2 aliphatic heterocycles. The van der Waals surface area contributed by atoms with Crippen LogP contribution in [0.1, 0.15) is 18.4 Å². The van der Waals surface area contributed by atoms with Gasteiger partial charge in [-0.05, 0) is 61.7 Å². The van der Waals surface area contributed by atoms with E-state index in [1.165, 1.54) is 11.8 Å². The third-order valence-corrected chi connectivity index (χ3v) is 6.48. The first-order valence-corrected chi connectivity index (χ1v) is 10.5. The van der Waals surface area contributed by atoms with Gasteiger partial charge in [0.05, 0.1) is 17.4 Å². The molecule has 154 valence electrons. The van der Waals surface area contributed by atoms with Gasteiger partial charge in [-0.2, -0.15) is 13.2 Å². The minimum absolute atomic E-state index is 0.00825. The van der Waals surface area contributed by atoms with Crippen LogP contribution in [0.25, 0.3) is 0 Å². The van der Waals surface area contributed by atoms with Gasteiger partial charge in [-0.1, -0.05) is 0 Å². The monoisotopic (exact) mass is 421 g/mol. The Kier molecular flexibility index (Phi) is 5.38. The second kappa shape index (κ2) is 7.82. The van der Waals surface area contributed by atoms with Gasteiger partial charge in [0.25, 0.3) is 0 Å². The molecule has 8 heteroatoms. The van der Waals surface area contributed by atoms with Gasteiger partial charge in [-0.3, -0.25) is 4.79 Å². The maximum atomic E-state index is 12.9. The number of aryl methyl sites for hydroxylation is 1. The number of anilines is 4. The summed E-state index contributed by atoms with van der Waals surface area (Å²) in [5.74, 6) is -0.767. The Morgan fingerprint density at radius 3 is 2.59 bits per heavy atom. The Bertz CT molecular complexity index is 924. The number of benzene rings is 2. The molecule has 0 saturated carbocycles. The van der Waals surface area contributed by atoms with E-state index in [4.69, 9.17) is 0 Å². The van der Waals surface area contributed by atoms with E-state index in [0.717, 1.165) is 33.2 Å². The maximum absolute atomic E-state index is 12.9. The molecule has 0 aliphatic carbocycles. The first-order chi connectivity index (χ1) is 13.8. The molecule has 0 unspecified atom stereocenters. The molecule has 0 spiro atoms. The summed E-state index contributed by atoms with van der Waals surface area (Å²) in [6.07, 6.45) is -3.80. The number of rotatable bonds is 3. The van der Waals surface area contributed by atoms with Crippen LogP contribution in [0.4, 0.5) is 35.9 Å². The summed E-state index contributed by atoms with van der Waals surface area (Å²) < 4.78 is 38.6.